The fourth-order valence-corrected chi connectivity index (χ4v) is 1.05. The number of H-pyrrole nitrogens is 2. The van der Waals surface area contributed by atoms with Crippen molar-refractivity contribution in [2.75, 3.05) is 0 Å². The first-order chi connectivity index (χ1) is 6.77. The second-order valence-electron chi connectivity index (χ2n) is 2.59. The second kappa shape index (κ2) is 4.52. The van der Waals surface area contributed by atoms with Gasteiger partial charge in [-0.05, 0) is 12.1 Å². The van der Waals surface area contributed by atoms with Gasteiger partial charge in [0.1, 0.15) is 0 Å². The molecule has 0 aliphatic heterocycles. The van der Waals surface area contributed by atoms with E-state index in [0.29, 0.717) is 5.69 Å². The monoisotopic (exact) mass is 226 g/mol. The molecular formula is C8H7ClN4O2. The molecule has 6 nitrogen and oxygen atoms in total. The summed E-state index contributed by atoms with van der Waals surface area (Å²) in [5.41, 5.74) is -0.306. The number of nitrogens with zero attached hydrogens (tertiary/aromatic N) is 2. The van der Waals surface area contributed by atoms with Crippen LogP contribution in [0.5, 0.6) is 0 Å². The van der Waals surface area contributed by atoms with E-state index < -0.39 is 11.2 Å². The van der Waals surface area contributed by atoms with Crippen LogP contribution in [0.2, 0.25) is 0 Å². The minimum atomic E-state index is -0.539. The summed E-state index contributed by atoms with van der Waals surface area (Å²) in [7, 11) is 0. The van der Waals surface area contributed by atoms with Crippen molar-refractivity contribution in [3.05, 3.63) is 45.4 Å². The molecule has 2 aromatic heterocycles. The molecule has 2 aromatic rings. The maximum Gasteiger partial charge on any atom is 0.325 e. The SMILES string of the molecule is Cl.O=c1[nH]cc(-c2cccnn2)c(=O)[nH]1. The molecule has 0 atom stereocenters. The molecule has 78 valence electrons. The van der Waals surface area contributed by atoms with Crippen molar-refractivity contribution in [3.63, 3.8) is 0 Å². The molecule has 0 saturated carbocycles. The van der Waals surface area contributed by atoms with Crippen LogP contribution in [-0.2, 0) is 0 Å². The average molecular weight is 227 g/mol. The summed E-state index contributed by atoms with van der Waals surface area (Å²) in [5.74, 6) is 0. The molecule has 7 heteroatoms. The molecule has 0 unspecified atom stereocenters. The Morgan fingerprint density at radius 2 is 2.07 bits per heavy atom. The molecular weight excluding hydrogens is 220 g/mol. The predicted octanol–water partition coefficient (Wildman–Crippen LogP) is -0.0580. The lowest BCUT2D eigenvalue weighted by Gasteiger charge is -1.95. The third-order valence-electron chi connectivity index (χ3n) is 1.67. The van der Waals surface area contributed by atoms with Crippen LogP contribution >= 0.6 is 12.4 Å². The van der Waals surface area contributed by atoms with Crippen LogP contribution in [-0.4, -0.2) is 20.2 Å². The standard InChI is InChI=1S/C8H6N4O2.ClH/c13-7-5(4-9-8(14)11-7)6-2-1-3-10-12-6;/h1-4H,(H2,9,11,13,14);1H. The molecule has 0 aromatic carbocycles. The third kappa shape index (κ3) is 2.29. The van der Waals surface area contributed by atoms with Gasteiger partial charge in [0.15, 0.2) is 0 Å². The molecule has 0 saturated heterocycles. The minimum Gasteiger partial charge on any atom is -0.313 e. The Labute approximate surface area is 89.8 Å². The highest BCUT2D eigenvalue weighted by Crippen LogP contribution is 2.06. The maximum absolute atomic E-state index is 11.3. The van der Waals surface area contributed by atoms with Gasteiger partial charge in [-0.3, -0.25) is 9.78 Å². The van der Waals surface area contributed by atoms with Crippen LogP contribution < -0.4 is 11.2 Å². The molecule has 0 aliphatic rings. The molecule has 0 bridgehead atoms. The lowest BCUT2D eigenvalue weighted by atomic mass is 10.2. The van der Waals surface area contributed by atoms with E-state index in [1.807, 2.05) is 0 Å². The van der Waals surface area contributed by atoms with E-state index in [4.69, 9.17) is 0 Å². The summed E-state index contributed by atoms with van der Waals surface area (Å²) in [5, 5.41) is 7.38. The summed E-state index contributed by atoms with van der Waals surface area (Å²) in [6, 6.07) is 3.29. The predicted molar refractivity (Wildman–Crippen MR) is 56.0 cm³/mol. The number of hydrogen-bond donors (Lipinski definition) is 2. The number of hydrogen-bond acceptors (Lipinski definition) is 4. The van der Waals surface area contributed by atoms with E-state index in [9.17, 15) is 9.59 Å². The topological polar surface area (TPSA) is 91.5 Å². The molecule has 0 aliphatic carbocycles. The molecule has 0 radical (unpaired) electrons. The van der Waals surface area contributed by atoms with Crippen LogP contribution in [0.1, 0.15) is 0 Å². The summed E-state index contributed by atoms with van der Waals surface area (Å²) in [4.78, 5) is 26.5. The summed E-state index contributed by atoms with van der Waals surface area (Å²) in [6.45, 7) is 0. The van der Waals surface area contributed by atoms with Gasteiger partial charge in [-0.15, -0.1) is 12.4 Å². The Kier molecular flexibility index (Phi) is 3.35. The van der Waals surface area contributed by atoms with E-state index >= 15 is 0 Å². The largest absolute Gasteiger partial charge is 0.325 e. The van der Waals surface area contributed by atoms with Crippen molar-refractivity contribution in [2.45, 2.75) is 0 Å². The van der Waals surface area contributed by atoms with Gasteiger partial charge in [-0.25, -0.2) is 4.79 Å². The molecule has 2 N–H and O–H groups in total. The molecule has 2 rings (SSSR count). The third-order valence-corrected chi connectivity index (χ3v) is 1.67. The van der Waals surface area contributed by atoms with Crippen LogP contribution in [0, 0.1) is 0 Å². The van der Waals surface area contributed by atoms with Crippen LogP contribution in [0.15, 0.2) is 34.1 Å². The molecule has 0 amide bonds. The Bertz CT molecular complexity index is 548. The zero-order valence-corrected chi connectivity index (χ0v) is 8.25. The van der Waals surface area contributed by atoms with E-state index in [2.05, 4.69) is 20.2 Å². The Morgan fingerprint density at radius 3 is 2.67 bits per heavy atom. The number of nitrogens with one attached hydrogen (secondary N) is 2. The summed E-state index contributed by atoms with van der Waals surface area (Å²) in [6.07, 6.45) is 2.81. The van der Waals surface area contributed by atoms with Crippen LogP contribution in [0.25, 0.3) is 11.3 Å². The highest BCUT2D eigenvalue weighted by Gasteiger charge is 2.03. The Morgan fingerprint density at radius 1 is 1.27 bits per heavy atom. The normalized spacial score (nSPS) is 9.33. The van der Waals surface area contributed by atoms with Gasteiger partial charge in [0, 0.05) is 12.4 Å². The number of rotatable bonds is 1. The maximum atomic E-state index is 11.3. The van der Waals surface area contributed by atoms with Crippen molar-refractivity contribution in [1.82, 2.24) is 20.2 Å². The number of aromatic nitrogens is 4. The second-order valence-corrected chi connectivity index (χ2v) is 2.59. The average Bonchev–Trinajstić information content (AvgIpc) is 2.19. The smallest absolute Gasteiger partial charge is 0.313 e. The van der Waals surface area contributed by atoms with E-state index in [0.717, 1.165) is 0 Å². The van der Waals surface area contributed by atoms with Crippen molar-refractivity contribution >= 4 is 12.4 Å². The first-order valence-corrected chi connectivity index (χ1v) is 3.87. The van der Waals surface area contributed by atoms with Gasteiger partial charge in [-0.1, -0.05) is 0 Å². The molecule has 15 heavy (non-hydrogen) atoms. The van der Waals surface area contributed by atoms with Crippen molar-refractivity contribution in [1.29, 1.82) is 0 Å². The molecule has 2 heterocycles. The lowest BCUT2D eigenvalue weighted by molar-refractivity contribution is 1.00. The minimum absolute atomic E-state index is 0. The zero-order valence-electron chi connectivity index (χ0n) is 7.43. The van der Waals surface area contributed by atoms with Crippen LogP contribution in [0.4, 0.5) is 0 Å². The fourth-order valence-electron chi connectivity index (χ4n) is 1.05. The summed E-state index contributed by atoms with van der Waals surface area (Å²) < 4.78 is 0. The van der Waals surface area contributed by atoms with E-state index in [1.54, 1.807) is 12.1 Å². The lowest BCUT2D eigenvalue weighted by Crippen LogP contribution is -2.22. The fraction of sp³-hybridized carbons (Fsp3) is 0. The van der Waals surface area contributed by atoms with Gasteiger partial charge in [0.2, 0.25) is 0 Å². The first kappa shape index (κ1) is 11.1. The van der Waals surface area contributed by atoms with E-state index in [-0.39, 0.29) is 18.0 Å². The van der Waals surface area contributed by atoms with Gasteiger partial charge in [0.25, 0.3) is 5.56 Å². The summed E-state index contributed by atoms with van der Waals surface area (Å²) >= 11 is 0. The Hall–Kier alpha value is -1.95. The highest BCUT2D eigenvalue weighted by atomic mass is 35.5. The highest BCUT2D eigenvalue weighted by molar-refractivity contribution is 5.85. The first-order valence-electron chi connectivity index (χ1n) is 3.87. The quantitative estimate of drug-likeness (QED) is 0.713. The van der Waals surface area contributed by atoms with Gasteiger partial charge < -0.3 is 4.98 Å². The van der Waals surface area contributed by atoms with Gasteiger partial charge in [0.05, 0.1) is 11.3 Å². The van der Waals surface area contributed by atoms with Crippen LogP contribution in [0.3, 0.4) is 0 Å². The van der Waals surface area contributed by atoms with Gasteiger partial charge >= 0.3 is 5.69 Å². The molecule has 0 fully saturated rings. The van der Waals surface area contributed by atoms with Crippen molar-refractivity contribution in [2.24, 2.45) is 0 Å². The number of aromatic amines is 2. The number of halogens is 1. The van der Waals surface area contributed by atoms with Crippen molar-refractivity contribution < 1.29 is 0 Å². The van der Waals surface area contributed by atoms with Crippen molar-refractivity contribution in [3.8, 4) is 11.3 Å². The zero-order chi connectivity index (χ0) is 9.97. The Balaban J connectivity index is 0.00000112. The van der Waals surface area contributed by atoms with Gasteiger partial charge in [-0.2, -0.15) is 10.2 Å². The molecule has 0 spiro atoms. The van der Waals surface area contributed by atoms with E-state index in [1.165, 1.54) is 12.4 Å².